The second-order valence-electron chi connectivity index (χ2n) is 6.40. The Hall–Kier alpha value is -3.09. The molecule has 1 aromatic heterocycles. The molecule has 1 aliphatic rings. The van der Waals surface area contributed by atoms with Crippen LogP contribution in [0.15, 0.2) is 42.6 Å². The number of hydrogen-bond acceptors (Lipinski definition) is 5. The highest BCUT2D eigenvalue weighted by molar-refractivity contribution is 6.04. The summed E-state index contributed by atoms with van der Waals surface area (Å²) in [6.45, 7) is 6.77. The third kappa shape index (κ3) is 4.75. The number of rotatable bonds is 4. The maximum Gasteiger partial charge on any atom is 0.409 e. The molecular weight excluding hydrogens is 344 g/mol. The van der Waals surface area contributed by atoms with Gasteiger partial charge in [0.05, 0.1) is 18.5 Å². The molecule has 7 heteroatoms. The number of anilines is 2. The van der Waals surface area contributed by atoms with Gasteiger partial charge in [0.1, 0.15) is 5.82 Å². The van der Waals surface area contributed by atoms with Crippen LogP contribution in [0.5, 0.6) is 0 Å². The molecule has 142 valence electrons. The van der Waals surface area contributed by atoms with E-state index in [0.717, 1.165) is 11.4 Å². The molecule has 1 aromatic carbocycles. The third-order valence-electron chi connectivity index (χ3n) is 4.45. The molecule has 0 unspecified atom stereocenters. The number of aryl methyl sites for hydroxylation is 1. The van der Waals surface area contributed by atoms with Crippen molar-refractivity contribution in [2.24, 2.45) is 0 Å². The highest BCUT2D eigenvalue weighted by Gasteiger charge is 2.22. The van der Waals surface area contributed by atoms with Crippen LogP contribution in [0.2, 0.25) is 0 Å². The predicted molar refractivity (Wildman–Crippen MR) is 104 cm³/mol. The van der Waals surface area contributed by atoms with E-state index in [0.29, 0.717) is 44.0 Å². The van der Waals surface area contributed by atoms with Gasteiger partial charge in [-0.3, -0.25) is 4.79 Å². The summed E-state index contributed by atoms with van der Waals surface area (Å²) in [5, 5.41) is 2.85. The highest BCUT2D eigenvalue weighted by atomic mass is 16.6. The van der Waals surface area contributed by atoms with Crippen LogP contribution in [0.3, 0.4) is 0 Å². The molecule has 0 aliphatic carbocycles. The molecule has 0 spiro atoms. The Bertz CT molecular complexity index is 782. The van der Waals surface area contributed by atoms with E-state index in [-0.39, 0.29) is 12.0 Å². The van der Waals surface area contributed by atoms with Crippen LogP contribution in [0.1, 0.15) is 22.8 Å². The number of pyridine rings is 1. The van der Waals surface area contributed by atoms with Crippen LogP contribution in [0.4, 0.5) is 16.3 Å². The highest BCUT2D eigenvalue weighted by Crippen LogP contribution is 2.17. The fraction of sp³-hybridized carbons (Fsp3) is 0.350. The zero-order valence-corrected chi connectivity index (χ0v) is 15.6. The van der Waals surface area contributed by atoms with Gasteiger partial charge >= 0.3 is 6.09 Å². The molecular formula is C20H24N4O3. The Labute approximate surface area is 158 Å². The maximum absolute atomic E-state index is 12.3. The summed E-state index contributed by atoms with van der Waals surface area (Å²) < 4.78 is 5.03. The van der Waals surface area contributed by atoms with E-state index in [4.69, 9.17) is 4.74 Å². The average Bonchev–Trinajstić information content (AvgIpc) is 2.69. The molecule has 27 heavy (non-hydrogen) atoms. The van der Waals surface area contributed by atoms with Gasteiger partial charge < -0.3 is 19.9 Å². The Morgan fingerprint density at radius 2 is 1.78 bits per heavy atom. The summed E-state index contributed by atoms with van der Waals surface area (Å²) in [4.78, 5) is 32.3. The number of hydrogen-bond donors (Lipinski definition) is 1. The van der Waals surface area contributed by atoms with Crippen molar-refractivity contribution in [3.63, 3.8) is 0 Å². The van der Waals surface area contributed by atoms with Crippen molar-refractivity contribution in [3.8, 4) is 0 Å². The average molecular weight is 368 g/mol. The van der Waals surface area contributed by atoms with Crippen LogP contribution >= 0.6 is 0 Å². The topological polar surface area (TPSA) is 74.8 Å². The zero-order chi connectivity index (χ0) is 19.2. The largest absolute Gasteiger partial charge is 0.450 e. The van der Waals surface area contributed by atoms with Gasteiger partial charge in [0, 0.05) is 31.7 Å². The van der Waals surface area contributed by atoms with Gasteiger partial charge in [-0.05, 0) is 38.1 Å². The van der Waals surface area contributed by atoms with Crippen molar-refractivity contribution in [1.29, 1.82) is 0 Å². The second kappa shape index (κ2) is 8.53. The van der Waals surface area contributed by atoms with Crippen molar-refractivity contribution >= 4 is 23.5 Å². The summed E-state index contributed by atoms with van der Waals surface area (Å²) in [7, 11) is 0. The summed E-state index contributed by atoms with van der Waals surface area (Å²) >= 11 is 0. The number of piperazine rings is 1. The quantitative estimate of drug-likeness (QED) is 0.898. The van der Waals surface area contributed by atoms with E-state index in [1.54, 1.807) is 30.2 Å². The lowest BCUT2D eigenvalue weighted by molar-refractivity contribution is 0.102. The first-order chi connectivity index (χ1) is 13.1. The van der Waals surface area contributed by atoms with Gasteiger partial charge in [-0.2, -0.15) is 0 Å². The van der Waals surface area contributed by atoms with Crippen molar-refractivity contribution in [1.82, 2.24) is 9.88 Å². The Balaban J connectivity index is 1.55. The molecule has 3 rings (SSSR count). The summed E-state index contributed by atoms with van der Waals surface area (Å²) in [5.41, 5.74) is 2.37. The fourth-order valence-corrected chi connectivity index (χ4v) is 2.89. The Kier molecular flexibility index (Phi) is 5.90. The smallest absolute Gasteiger partial charge is 0.409 e. The van der Waals surface area contributed by atoms with E-state index in [1.165, 1.54) is 0 Å². The second-order valence-corrected chi connectivity index (χ2v) is 6.40. The molecule has 2 amide bonds. The minimum Gasteiger partial charge on any atom is -0.450 e. The van der Waals surface area contributed by atoms with E-state index >= 15 is 0 Å². The molecule has 1 fully saturated rings. The fourth-order valence-electron chi connectivity index (χ4n) is 2.89. The molecule has 1 N–H and O–H groups in total. The van der Waals surface area contributed by atoms with Crippen molar-refractivity contribution in [3.05, 3.63) is 53.7 Å². The molecule has 0 radical (unpaired) electrons. The van der Waals surface area contributed by atoms with Crippen LogP contribution in [0, 0.1) is 6.92 Å². The molecule has 0 saturated carbocycles. The first-order valence-corrected chi connectivity index (χ1v) is 9.07. The SMILES string of the molecule is CCOC(=O)N1CCN(c2ccc(NC(=O)c3ccc(C)cc3)cn2)CC1. The lowest BCUT2D eigenvalue weighted by atomic mass is 10.1. The summed E-state index contributed by atoms with van der Waals surface area (Å²) in [6, 6.07) is 11.1. The van der Waals surface area contributed by atoms with Gasteiger partial charge in [0.25, 0.3) is 5.91 Å². The van der Waals surface area contributed by atoms with Crippen molar-refractivity contribution in [2.45, 2.75) is 13.8 Å². The predicted octanol–water partition coefficient (Wildman–Crippen LogP) is 2.92. The normalized spacial score (nSPS) is 14.0. The number of aromatic nitrogens is 1. The minimum absolute atomic E-state index is 0.160. The van der Waals surface area contributed by atoms with Gasteiger partial charge in [0.2, 0.25) is 0 Å². The first kappa shape index (κ1) is 18.7. The lowest BCUT2D eigenvalue weighted by Gasteiger charge is -2.34. The molecule has 2 heterocycles. The minimum atomic E-state index is -0.265. The van der Waals surface area contributed by atoms with E-state index in [1.807, 2.05) is 31.2 Å². The molecule has 0 bridgehead atoms. The van der Waals surface area contributed by atoms with Crippen LogP contribution < -0.4 is 10.2 Å². The molecule has 2 aromatic rings. The zero-order valence-electron chi connectivity index (χ0n) is 15.6. The molecule has 1 saturated heterocycles. The monoisotopic (exact) mass is 368 g/mol. The van der Waals surface area contributed by atoms with Gasteiger partial charge in [0.15, 0.2) is 0 Å². The van der Waals surface area contributed by atoms with Crippen LogP contribution in [0.25, 0.3) is 0 Å². The number of nitrogens with zero attached hydrogens (tertiary/aromatic N) is 3. The van der Waals surface area contributed by atoms with E-state index in [2.05, 4.69) is 15.2 Å². The molecule has 1 aliphatic heterocycles. The summed E-state index contributed by atoms with van der Waals surface area (Å²) in [5.74, 6) is 0.666. The maximum atomic E-state index is 12.3. The van der Waals surface area contributed by atoms with Crippen molar-refractivity contribution < 1.29 is 14.3 Å². The van der Waals surface area contributed by atoms with E-state index < -0.39 is 0 Å². The summed E-state index contributed by atoms with van der Waals surface area (Å²) in [6.07, 6.45) is 1.39. The lowest BCUT2D eigenvalue weighted by Crippen LogP contribution is -2.49. The Morgan fingerprint density at radius 3 is 2.37 bits per heavy atom. The Morgan fingerprint density at radius 1 is 1.07 bits per heavy atom. The van der Waals surface area contributed by atoms with E-state index in [9.17, 15) is 9.59 Å². The van der Waals surface area contributed by atoms with Gasteiger partial charge in [-0.25, -0.2) is 9.78 Å². The van der Waals surface area contributed by atoms with Crippen LogP contribution in [-0.2, 0) is 4.74 Å². The van der Waals surface area contributed by atoms with Crippen LogP contribution in [-0.4, -0.2) is 54.7 Å². The van der Waals surface area contributed by atoms with Crippen molar-refractivity contribution in [2.75, 3.05) is 43.0 Å². The third-order valence-corrected chi connectivity index (χ3v) is 4.45. The number of carbonyl (C=O) groups is 2. The number of nitrogens with one attached hydrogen (secondary N) is 1. The first-order valence-electron chi connectivity index (χ1n) is 9.07. The number of amides is 2. The van der Waals surface area contributed by atoms with Gasteiger partial charge in [-0.15, -0.1) is 0 Å². The van der Waals surface area contributed by atoms with Gasteiger partial charge in [-0.1, -0.05) is 17.7 Å². The molecule has 0 atom stereocenters. The number of carbonyl (C=O) groups excluding carboxylic acids is 2. The molecule has 7 nitrogen and oxygen atoms in total. The number of benzene rings is 1. The number of ether oxygens (including phenoxy) is 1. The standard InChI is InChI=1S/C20H24N4O3/c1-3-27-20(26)24-12-10-23(11-13-24)18-9-8-17(14-21-18)22-19(25)16-6-4-15(2)5-7-16/h4-9,14H,3,10-13H2,1-2H3,(H,22,25).